The molecule has 0 aromatic rings. The third kappa shape index (κ3) is 12.3. The molecule has 5 heteroatoms. The van der Waals surface area contributed by atoms with E-state index in [9.17, 15) is 14.7 Å². The highest BCUT2D eigenvalue weighted by Gasteiger charge is 2.32. The molecule has 0 aromatic carbocycles. The van der Waals surface area contributed by atoms with Crippen LogP contribution in [-0.4, -0.2) is 48.8 Å². The second-order valence-electron chi connectivity index (χ2n) is 7.71. The van der Waals surface area contributed by atoms with E-state index in [1.54, 1.807) is 21.1 Å². The fourth-order valence-corrected chi connectivity index (χ4v) is 2.76. The van der Waals surface area contributed by atoms with Gasteiger partial charge in [0.05, 0.1) is 21.1 Å². The first-order chi connectivity index (χ1) is 11.3. The van der Waals surface area contributed by atoms with E-state index in [4.69, 9.17) is 0 Å². The number of nitrogens with zero attached hydrogens (tertiary/aromatic N) is 1. The van der Waals surface area contributed by atoms with Gasteiger partial charge in [0, 0.05) is 6.42 Å². The fourth-order valence-electron chi connectivity index (χ4n) is 2.76. The number of quaternary nitrogens is 1. The summed E-state index contributed by atoms with van der Waals surface area (Å²) in [6.45, 7) is 2.24. The zero-order chi connectivity index (χ0) is 18.4. The smallest absolute Gasteiger partial charge is 0.385 e. The van der Waals surface area contributed by atoms with Gasteiger partial charge in [-0.25, -0.2) is 4.79 Å². The van der Waals surface area contributed by atoms with Gasteiger partial charge in [0.1, 0.15) is 0 Å². The van der Waals surface area contributed by atoms with Crippen LogP contribution in [-0.2, 0) is 9.59 Å². The van der Waals surface area contributed by atoms with Crippen LogP contribution in [0.2, 0.25) is 0 Å². The Hall–Kier alpha value is -1.10. The van der Waals surface area contributed by atoms with Crippen LogP contribution in [0.25, 0.3) is 0 Å². The van der Waals surface area contributed by atoms with E-state index in [0.29, 0.717) is 6.42 Å². The molecule has 0 heterocycles. The maximum absolute atomic E-state index is 11.9. The van der Waals surface area contributed by atoms with Crippen LogP contribution in [0.4, 0.5) is 0 Å². The molecule has 0 rings (SSSR count). The summed E-state index contributed by atoms with van der Waals surface area (Å²) in [5.74, 6) is -1.15. The highest BCUT2D eigenvalue weighted by atomic mass is 16.4. The molecule has 24 heavy (non-hydrogen) atoms. The third-order valence-corrected chi connectivity index (χ3v) is 4.31. The Morgan fingerprint density at radius 2 is 1.25 bits per heavy atom. The minimum absolute atomic E-state index is 0.161. The van der Waals surface area contributed by atoms with Crippen molar-refractivity contribution in [2.24, 2.45) is 0 Å². The van der Waals surface area contributed by atoms with Crippen LogP contribution < -0.4 is 5.32 Å². The number of carbonyl (C=O) groups is 2. The van der Waals surface area contributed by atoms with E-state index in [1.165, 1.54) is 57.8 Å². The number of likely N-dealkylation sites (N-methyl/N-ethyl adjacent to an activating group) is 1. The van der Waals surface area contributed by atoms with Crippen molar-refractivity contribution in [1.82, 2.24) is 5.32 Å². The number of carboxylic acid groups (broad SMARTS) is 1. The molecule has 1 amide bonds. The number of unbranched alkanes of at least 4 members (excludes halogenated alkanes) is 10. The summed E-state index contributed by atoms with van der Waals surface area (Å²) in [5.41, 5.74) is 0. The van der Waals surface area contributed by atoms with Crippen LogP contribution in [0.5, 0.6) is 0 Å². The van der Waals surface area contributed by atoms with E-state index in [0.717, 1.165) is 12.8 Å². The molecule has 0 aliphatic heterocycles. The number of carbonyl (C=O) groups excluding carboxylic acids is 1. The lowest BCUT2D eigenvalue weighted by Crippen LogP contribution is -2.59. The lowest BCUT2D eigenvalue weighted by Gasteiger charge is -2.31. The Kier molecular flexibility index (Phi) is 12.6. The first-order valence-electron chi connectivity index (χ1n) is 9.62. The van der Waals surface area contributed by atoms with Crippen molar-refractivity contribution in [3.63, 3.8) is 0 Å². The first-order valence-corrected chi connectivity index (χ1v) is 9.62. The normalized spacial score (nSPS) is 12.8. The first kappa shape index (κ1) is 22.9. The van der Waals surface area contributed by atoms with Gasteiger partial charge >= 0.3 is 5.97 Å². The highest BCUT2D eigenvalue weighted by Crippen LogP contribution is 2.12. The standard InChI is InChI=1S/C19H38N2O3/c1-5-6-7-8-9-10-11-12-13-14-15-16-17(22)20-18(19(23)24)21(2,3)4/h18H,5-16H2,1-4H3,(H-,20,22,23,24)/p+1. The van der Waals surface area contributed by atoms with Gasteiger partial charge in [0.2, 0.25) is 5.91 Å². The van der Waals surface area contributed by atoms with Gasteiger partial charge in [-0.15, -0.1) is 0 Å². The number of hydrogen-bond acceptors (Lipinski definition) is 2. The van der Waals surface area contributed by atoms with Crippen molar-refractivity contribution in [1.29, 1.82) is 0 Å². The van der Waals surface area contributed by atoms with Crippen LogP contribution in [0, 0.1) is 0 Å². The number of rotatable bonds is 15. The molecule has 142 valence electrons. The van der Waals surface area contributed by atoms with Crippen molar-refractivity contribution in [3.8, 4) is 0 Å². The van der Waals surface area contributed by atoms with Crippen LogP contribution >= 0.6 is 0 Å². The van der Waals surface area contributed by atoms with E-state index >= 15 is 0 Å². The molecule has 0 fully saturated rings. The van der Waals surface area contributed by atoms with E-state index in [-0.39, 0.29) is 10.4 Å². The Labute approximate surface area is 148 Å². The lowest BCUT2D eigenvalue weighted by atomic mass is 10.1. The molecule has 0 bridgehead atoms. The fraction of sp³-hybridized carbons (Fsp3) is 0.895. The quantitative estimate of drug-likeness (QED) is 0.269. The van der Waals surface area contributed by atoms with Crippen molar-refractivity contribution < 1.29 is 19.2 Å². The molecule has 1 unspecified atom stereocenters. The molecular formula is C19H39N2O3+. The maximum Gasteiger partial charge on any atom is 0.385 e. The van der Waals surface area contributed by atoms with Gasteiger partial charge in [-0.2, -0.15) is 0 Å². The molecule has 0 aromatic heterocycles. The van der Waals surface area contributed by atoms with Crippen LogP contribution in [0.3, 0.4) is 0 Å². The summed E-state index contributed by atoms with van der Waals surface area (Å²) in [4.78, 5) is 23.1. The number of carboxylic acids is 1. The van der Waals surface area contributed by atoms with Gasteiger partial charge in [0.15, 0.2) is 0 Å². The summed E-state index contributed by atoms with van der Waals surface area (Å²) in [5, 5.41) is 11.8. The van der Waals surface area contributed by atoms with Crippen LogP contribution in [0.1, 0.15) is 84.0 Å². The van der Waals surface area contributed by atoms with E-state index < -0.39 is 12.1 Å². The van der Waals surface area contributed by atoms with E-state index in [2.05, 4.69) is 12.2 Å². The van der Waals surface area contributed by atoms with E-state index in [1.807, 2.05) is 0 Å². The Morgan fingerprint density at radius 3 is 1.62 bits per heavy atom. The summed E-state index contributed by atoms with van der Waals surface area (Å²) in [6, 6.07) is 0. The van der Waals surface area contributed by atoms with Gasteiger partial charge in [-0.1, -0.05) is 71.1 Å². The predicted molar refractivity (Wildman–Crippen MR) is 98.7 cm³/mol. The summed E-state index contributed by atoms with van der Waals surface area (Å²) < 4.78 is 0.180. The summed E-state index contributed by atoms with van der Waals surface area (Å²) in [7, 11) is 5.30. The molecule has 0 saturated carbocycles. The van der Waals surface area contributed by atoms with Crippen molar-refractivity contribution in [2.75, 3.05) is 21.1 Å². The monoisotopic (exact) mass is 343 g/mol. The molecule has 2 N–H and O–H groups in total. The summed E-state index contributed by atoms with van der Waals surface area (Å²) >= 11 is 0. The molecule has 0 saturated heterocycles. The van der Waals surface area contributed by atoms with Gasteiger partial charge in [0.25, 0.3) is 6.17 Å². The Bertz CT molecular complexity index is 351. The van der Waals surface area contributed by atoms with Crippen molar-refractivity contribution >= 4 is 11.9 Å². The molecular weight excluding hydrogens is 304 g/mol. The van der Waals surface area contributed by atoms with Crippen molar-refractivity contribution in [3.05, 3.63) is 0 Å². The third-order valence-electron chi connectivity index (χ3n) is 4.31. The molecule has 0 aliphatic rings. The second kappa shape index (κ2) is 13.2. The number of aliphatic carboxylic acids is 1. The molecule has 0 aliphatic carbocycles. The molecule has 0 radical (unpaired) electrons. The van der Waals surface area contributed by atoms with Crippen molar-refractivity contribution in [2.45, 2.75) is 90.1 Å². The Morgan fingerprint density at radius 1 is 0.833 bits per heavy atom. The average Bonchev–Trinajstić information content (AvgIpc) is 2.48. The zero-order valence-corrected chi connectivity index (χ0v) is 16.3. The number of nitrogens with one attached hydrogen (secondary N) is 1. The predicted octanol–water partition coefficient (Wildman–Crippen LogP) is 3.92. The Balaban J connectivity index is 3.60. The maximum atomic E-state index is 11.9. The SMILES string of the molecule is CCCCCCCCCCCCCC(=O)NC(C(=O)O)[N+](C)(C)C. The largest absolute Gasteiger partial charge is 0.475 e. The lowest BCUT2D eigenvalue weighted by molar-refractivity contribution is -0.889. The summed E-state index contributed by atoms with van der Waals surface area (Å²) in [6.07, 6.45) is 13.2. The average molecular weight is 344 g/mol. The molecule has 5 nitrogen and oxygen atoms in total. The number of amides is 1. The minimum Gasteiger partial charge on any atom is -0.475 e. The molecule has 1 atom stereocenters. The van der Waals surface area contributed by atoms with Gasteiger partial charge in [-0.3, -0.25) is 10.1 Å². The van der Waals surface area contributed by atoms with Gasteiger partial charge < -0.3 is 9.59 Å². The highest BCUT2D eigenvalue weighted by molar-refractivity contribution is 5.82. The number of hydrogen-bond donors (Lipinski definition) is 2. The van der Waals surface area contributed by atoms with Gasteiger partial charge in [-0.05, 0) is 6.42 Å². The van der Waals surface area contributed by atoms with Crippen LogP contribution in [0.15, 0.2) is 0 Å². The zero-order valence-electron chi connectivity index (χ0n) is 16.3. The molecule has 0 spiro atoms. The minimum atomic E-state index is -0.991. The second-order valence-corrected chi connectivity index (χ2v) is 7.71. The topological polar surface area (TPSA) is 66.4 Å².